The first kappa shape index (κ1) is 35.4. The highest BCUT2D eigenvalue weighted by Gasteiger charge is 2.54. The van der Waals surface area contributed by atoms with Gasteiger partial charge in [-0.3, -0.25) is 33.6 Å². The van der Waals surface area contributed by atoms with E-state index in [-0.39, 0.29) is 13.0 Å². The van der Waals surface area contributed by atoms with Crippen LogP contribution in [-0.2, 0) is 71.5 Å². The molecule has 17 nitrogen and oxygen atoms in total. The number of hydrogen-bond donors (Lipinski definition) is 2. The van der Waals surface area contributed by atoms with Gasteiger partial charge in [0.25, 0.3) is 0 Å². The van der Waals surface area contributed by atoms with Crippen LogP contribution in [0.4, 0.5) is 0 Å². The fourth-order valence-electron chi connectivity index (χ4n) is 4.62. The Bertz CT molecular complexity index is 1070. The summed E-state index contributed by atoms with van der Waals surface area (Å²) in [5.41, 5.74) is 0. The Morgan fingerprint density at radius 3 is 1.65 bits per heavy atom. The first-order chi connectivity index (χ1) is 20.1. The molecule has 2 amide bonds. The average molecular weight is 619 g/mol. The van der Waals surface area contributed by atoms with Crippen LogP contribution in [0.5, 0.6) is 0 Å². The summed E-state index contributed by atoms with van der Waals surface area (Å²) in [7, 11) is 0. The molecule has 2 heterocycles. The van der Waals surface area contributed by atoms with Crippen LogP contribution in [0.2, 0.25) is 0 Å². The molecule has 0 saturated carbocycles. The van der Waals surface area contributed by atoms with E-state index in [1.807, 2.05) is 0 Å². The fraction of sp³-hybridized carbons (Fsp3) is 0.731. The highest BCUT2D eigenvalue weighted by Crippen LogP contribution is 2.32. The summed E-state index contributed by atoms with van der Waals surface area (Å²) in [5, 5.41) is 5.14. The van der Waals surface area contributed by atoms with E-state index in [1.165, 1.54) is 13.8 Å². The van der Waals surface area contributed by atoms with E-state index in [0.717, 1.165) is 34.6 Å². The number of ether oxygens (including phenoxy) is 8. The van der Waals surface area contributed by atoms with Crippen LogP contribution in [0.1, 0.15) is 54.9 Å². The van der Waals surface area contributed by atoms with Crippen LogP contribution in [0.3, 0.4) is 0 Å². The largest absolute Gasteiger partial charge is 0.463 e. The zero-order valence-corrected chi connectivity index (χ0v) is 24.9. The highest BCUT2D eigenvalue weighted by atomic mass is 16.7. The van der Waals surface area contributed by atoms with E-state index in [9.17, 15) is 33.6 Å². The Morgan fingerprint density at radius 2 is 1.14 bits per heavy atom. The molecule has 0 bridgehead atoms. The second-order valence-corrected chi connectivity index (χ2v) is 9.89. The Hall–Kier alpha value is -3.83. The molecule has 2 aliphatic heterocycles. The minimum atomic E-state index is -1.52. The van der Waals surface area contributed by atoms with Crippen molar-refractivity contribution in [2.45, 2.75) is 110 Å². The third kappa shape index (κ3) is 11.4. The average Bonchev–Trinajstić information content (AvgIpc) is 2.85. The number of hydrogen-bond acceptors (Lipinski definition) is 15. The van der Waals surface area contributed by atoms with Crippen molar-refractivity contribution in [2.75, 3.05) is 13.2 Å². The van der Waals surface area contributed by atoms with Gasteiger partial charge in [-0.05, 0) is 0 Å². The van der Waals surface area contributed by atoms with Gasteiger partial charge in [-0.15, -0.1) is 0 Å². The molecule has 0 aromatic carbocycles. The molecule has 2 N–H and O–H groups in total. The molecule has 2 saturated heterocycles. The molecule has 1 unspecified atom stereocenters. The SMILES string of the molecule is CC(=O)N[C@H]1[C@H](O[C@H]2[C@H](OC(C)=O)[C@@H](NC(C)=O)C(OC(C)=O)O[C@@H]2COC(C)=O)O[C@H](COC(C)=O)C[C@@H]1OC(C)=O. The molecule has 17 heteroatoms. The predicted molar refractivity (Wildman–Crippen MR) is 138 cm³/mol. The number of carbonyl (C=O) groups is 7. The summed E-state index contributed by atoms with van der Waals surface area (Å²) < 4.78 is 44.6. The highest BCUT2D eigenvalue weighted by molar-refractivity contribution is 5.74. The molecule has 0 aromatic rings. The number of amides is 2. The number of carbonyl (C=O) groups excluding carboxylic acids is 7. The van der Waals surface area contributed by atoms with Crippen LogP contribution in [-0.4, -0.2) is 110 Å². The Balaban J connectivity index is 2.60. The standard InChI is InChI=1S/C26H38N2O15/c1-11(29)27-21-19(38-15(5)33)8-18(9-36-13(3)31)41-25(21)43-23-20(10-37-14(4)32)42-26(40-17(7)35)22(28-12(2)30)24(23)39-16(6)34/h18-26H,8-10H2,1-7H3,(H,27,29)(H,28,30)/t18-,19-,20+,21+,22+,23+,24+,25-,26?/m0/s1. The Kier molecular flexibility index (Phi) is 13.3. The van der Waals surface area contributed by atoms with E-state index in [2.05, 4.69) is 10.6 Å². The molecule has 0 spiro atoms. The molecular formula is C26H38N2O15. The summed E-state index contributed by atoms with van der Waals surface area (Å²) in [4.78, 5) is 83.5. The van der Waals surface area contributed by atoms with Gasteiger partial charge in [0.05, 0.1) is 6.10 Å². The lowest BCUT2D eigenvalue weighted by Crippen LogP contribution is -2.68. The topological polar surface area (TPSA) is 217 Å². The monoisotopic (exact) mass is 618 g/mol. The van der Waals surface area contributed by atoms with Crippen molar-refractivity contribution in [3.8, 4) is 0 Å². The van der Waals surface area contributed by atoms with Gasteiger partial charge in [0, 0.05) is 54.9 Å². The smallest absolute Gasteiger partial charge is 0.305 e. The molecule has 0 radical (unpaired) electrons. The molecular weight excluding hydrogens is 580 g/mol. The molecule has 9 atom stereocenters. The van der Waals surface area contributed by atoms with E-state index < -0.39 is 103 Å². The van der Waals surface area contributed by atoms with Gasteiger partial charge in [0.15, 0.2) is 12.4 Å². The van der Waals surface area contributed by atoms with Gasteiger partial charge < -0.3 is 48.5 Å². The summed E-state index contributed by atoms with van der Waals surface area (Å²) in [5.74, 6) is -4.78. The van der Waals surface area contributed by atoms with Crippen LogP contribution < -0.4 is 10.6 Å². The Labute approximate surface area is 247 Å². The molecule has 2 rings (SSSR count). The van der Waals surface area contributed by atoms with Gasteiger partial charge in [0.2, 0.25) is 18.1 Å². The lowest BCUT2D eigenvalue weighted by molar-refractivity contribution is -0.320. The minimum Gasteiger partial charge on any atom is -0.463 e. The van der Waals surface area contributed by atoms with Crippen molar-refractivity contribution in [1.82, 2.24) is 10.6 Å². The summed E-state index contributed by atoms with van der Waals surface area (Å²) in [6.07, 6.45) is -9.10. The van der Waals surface area contributed by atoms with Crippen molar-refractivity contribution in [3.05, 3.63) is 0 Å². The lowest BCUT2D eigenvalue weighted by Gasteiger charge is -2.48. The van der Waals surface area contributed by atoms with Gasteiger partial charge >= 0.3 is 29.8 Å². The lowest BCUT2D eigenvalue weighted by atomic mass is 9.95. The van der Waals surface area contributed by atoms with E-state index in [1.54, 1.807) is 0 Å². The molecule has 2 fully saturated rings. The van der Waals surface area contributed by atoms with Crippen molar-refractivity contribution in [2.24, 2.45) is 0 Å². The van der Waals surface area contributed by atoms with Gasteiger partial charge in [-0.25, -0.2) is 0 Å². The van der Waals surface area contributed by atoms with Crippen molar-refractivity contribution < 1.29 is 71.5 Å². The zero-order valence-electron chi connectivity index (χ0n) is 24.9. The number of rotatable bonds is 11. The summed E-state index contributed by atoms with van der Waals surface area (Å²) >= 11 is 0. The zero-order chi connectivity index (χ0) is 32.4. The fourth-order valence-corrected chi connectivity index (χ4v) is 4.62. The minimum absolute atomic E-state index is 0.00781. The maximum atomic E-state index is 12.2. The third-order valence-corrected chi connectivity index (χ3v) is 6.02. The Morgan fingerprint density at radius 1 is 0.605 bits per heavy atom. The van der Waals surface area contributed by atoms with E-state index >= 15 is 0 Å². The second kappa shape index (κ2) is 16.1. The van der Waals surface area contributed by atoms with E-state index in [4.69, 9.17) is 37.9 Å². The molecule has 0 aromatic heterocycles. The number of nitrogens with one attached hydrogen (secondary N) is 2. The van der Waals surface area contributed by atoms with Crippen LogP contribution in [0, 0.1) is 0 Å². The van der Waals surface area contributed by atoms with Crippen molar-refractivity contribution in [1.29, 1.82) is 0 Å². The number of esters is 5. The van der Waals surface area contributed by atoms with Crippen LogP contribution in [0.25, 0.3) is 0 Å². The molecule has 242 valence electrons. The molecule has 43 heavy (non-hydrogen) atoms. The molecule has 2 aliphatic rings. The maximum absolute atomic E-state index is 12.2. The van der Waals surface area contributed by atoms with Gasteiger partial charge in [-0.1, -0.05) is 0 Å². The predicted octanol–water partition coefficient (Wildman–Crippen LogP) is -1.23. The molecule has 0 aliphatic carbocycles. The first-order valence-electron chi connectivity index (χ1n) is 13.4. The van der Waals surface area contributed by atoms with Crippen molar-refractivity contribution in [3.63, 3.8) is 0 Å². The second-order valence-electron chi connectivity index (χ2n) is 9.89. The van der Waals surface area contributed by atoms with Crippen LogP contribution in [0.15, 0.2) is 0 Å². The van der Waals surface area contributed by atoms with Gasteiger partial charge in [-0.2, -0.15) is 0 Å². The van der Waals surface area contributed by atoms with Crippen LogP contribution >= 0.6 is 0 Å². The van der Waals surface area contributed by atoms with Crippen molar-refractivity contribution >= 4 is 41.7 Å². The quantitative estimate of drug-likeness (QED) is 0.205. The normalized spacial score (nSPS) is 30.2. The maximum Gasteiger partial charge on any atom is 0.305 e. The van der Waals surface area contributed by atoms with Gasteiger partial charge in [0.1, 0.15) is 43.6 Å². The first-order valence-corrected chi connectivity index (χ1v) is 13.4. The van der Waals surface area contributed by atoms with E-state index in [0.29, 0.717) is 0 Å². The summed E-state index contributed by atoms with van der Waals surface area (Å²) in [6, 6.07) is -2.47. The summed E-state index contributed by atoms with van der Waals surface area (Å²) in [6.45, 7) is 7.25. The third-order valence-electron chi connectivity index (χ3n) is 6.02.